The molecule has 2 rings (SSSR count). The van der Waals surface area contributed by atoms with E-state index in [0.29, 0.717) is 18.9 Å². The molecule has 1 aromatic heterocycles. The lowest BCUT2D eigenvalue weighted by Crippen LogP contribution is -2.07. The van der Waals surface area contributed by atoms with Gasteiger partial charge in [0.2, 0.25) is 0 Å². The lowest BCUT2D eigenvalue weighted by Gasteiger charge is -2.09. The number of carboxylic acid groups (broad SMARTS) is 1. The number of aromatic carboxylic acids is 1. The Morgan fingerprint density at radius 1 is 1.50 bits per heavy atom. The van der Waals surface area contributed by atoms with Crippen LogP contribution in [0.4, 0.5) is 0 Å². The van der Waals surface area contributed by atoms with Crippen LogP contribution in [-0.2, 0) is 6.54 Å². The summed E-state index contributed by atoms with van der Waals surface area (Å²) in [6.45, 7) is 1.10. The number of rotatable bonds is 5. The Labute approximate surface area is 112 Å². The highest BCUT2D eigenvalue weighted by Crippen LogP contribution is 2.26. The topological polar surface area (TPSA) is 64.3 Å². The van der Waals surface area contributed by atoms with Gasteiger partial charge < -0.3 is 14.4 Å². The maximum Gasteiger partial charge on any atom is 0.335 e. The molecule has 0 fully saturated rings. The number of hydrogen-bond acceptors (Lipinski definition) is 3. The summed E-state index contributed by atoms with van der Waals surface area (Å²) in [4.78, 5) is 14.8. The van der Waals surface area contributed by atoms with E-state index in [4.69, 9.17) is 9.84 Å². The maximum absolute atomic E-state index is 10.8. The van der Waals surface area contributed by atoms with Gasteiger partial charge in [-0.2, -0.15) is 0 Å². The third kappa shape index (κ3) is 3.10. The number of carboxylic acids is 1. The van der Waals surface area contributed by atoms with Crippen molar-refractivity contribution in [3.8, 4) is 5.75 Å². The van der Waals surface area contributed by atoms with Crippen LogP contribution < -0.4 is 4.74 Å². The van der Waals surface area contributed by atoms with E-state index in [2.05, 4.69) is 20.9 Å². The molecule has 0 aliphatic heterocycles. The molecular weight excluding hydrogens is 300 g/mol. The first-order chi connectivity index (χ1) is 8.66. The van der Waals surface area contributed by atoms with Crippen LogP contribution in [0.15, 0.2) is 41.4 Å². The zero-order valence-corrected chi connectivity index (χ0v) is 11.0. The van der Waals surface area contributed by atoms with Crippen molar-refractivity contribution < 1.29 is 14.6 Å². The number of halogens is 1. The maximum atomic E-state index is 10.8. The molecule has 0 unspecified atom stereocenters. The number of hydrogen-bond donors (Lipinski definition) is 1. The van der Waals surface area contributed by atoms with Gasteiger partial charge in [-0.3, -0.25) is 0 Å². The van der Waals surface area contributed by atoms with E-state index in [-0.39, 0.29) is 5.56 Å². The Morgan fingerprint density at radius 2 is 2.33 bits per heavy atom. The Morgan fingerprint density at radius 3 is 3.00 bits per heavy atom. The van der Waals surface area contributed by atoms with Crippen LogP contribution in [0.3, 0.4) is 0 Å². The minimum absolute atomic E-state index is 0.204. The van der Waals surface area contributed by atoms with Gasteiger partial charge in [0.25, 0.3) is 0 Å². The largest absolute Gasteiger partial charge is 0.491 e. The minimum atomic E-state index is -0.970. The molecule has 0 radical (unpaired) electrons. The van der Waals surface area contributed by atoms with Gasteiger partial charge in [0, 0.05) is 12.4 Å². The molecule has 1 N–H and O–H groups in total. The zero-order chi connectivity index (χ0) is 13.0. The second-order valence-electron chi connectivity index (χ2n) is 3.60. The predicted molar refractivity (Wildman–Crippen MR) is 68.8 cm³/mol. The van der Waals surface area contributed by atoms with Crippen LogP contribution in [0.1, 0.15) is 10.4 Å². The Kier molecular flexibility index (Phi) is 3.99. The second kappa shape index (κ2) is 5.68. The summed E-state index contributed by atoms with van der Waals surface area (Å²) in [6, 6.07) is 4.69. The predicted octanol–water partition coefficient (Wildman–Crippen LogP) is 2.42. The fourth-order valence-corrected chi connectivity index (χ4v) is 1.79. The Balaban J connectivity index is 2.00. The summed E-state index contributed by atoms with van der Waals surface area (Å²) in [5, 5.41) is 8.89. The summed E-state index contributed by atoms with van der Waals surface area (Å²) < 4.78 is 8.16. The normalized spacial score (nSPS) is 10.3. The average molecular weight is 311 g/mol. The third-order valence-electron chi connectivity index (χ3n) is 2.34. The monoisotopic (exact) mass is 310 g/mol. The number of aromatic nitrogens is 2. The highest BCUT2D eigenvalue weighted by Gasteiger charge is 2.07. The number of ether oxygens (including phenoxy) is 1. The molecule has 0 bridgehead atoms. The van der Waals surface area contributed by atoms with E-state index in [1.165, 1.54) is 12.1 Å². The fraction of sp³-hybridized carbons (Fsp3) is 0.167. The van der Waals surface area contributed by atoms with E-state index >= 15 is 0 Å². The van der Waals surface area contributed by atoms with Gasteiger partial charge >= 0.3 is 5.97 Å². The molecule has 18 heavy (non-hydrogen) atoms. The summed E-state index contributed by atoms with van der Waals surface area (Å²) >= 11 is 3.32. The fourth-order valence-electron chi connectivity index (χ4n) is 1.43. The van der Waals surface area contributed by atoms with Crippen LogP contribution in [-0.4, -0.2) is 27.2 Å². The molecule has 5 nitrogen and oxygen atoms in total. The quantitative estimate of drug-likeness (QED) is 0.921. The highest BCUT2D eigenvalue weighted by atomic mass is 79.9. The first-order valence-corrected chi connectivity index (χ1v) is 6.07. The molecule has 2 aromatic rings. The van der Waals surface area contributed by atoms with Crippen molar-refractivity contribution in [3.63, 3.8) is 0 Å². The van der Waals surface area contributed by atoms with Crippen molar-refractivity contribution in [1.82, 2.24) is 9.55 Å². The van der Waals surface area contributed by atoms with Crippen LogP contribution in [0.25, 0.3) is 0 Å². The first kappa shape index (κ1) is 12.6. The van der Waals surface area contributed by atoms with Gasteiger partial charge in [-0.05, 0) is 34.1 Å². The summed E-state index contributed by atoms with van der Waals surface area (Å²) in [7, 11) is 0. The van der Waals surface area contributed by atoms with Crippen molar-refractivity contribution >= 4 is 21.9 Å². The lowest BCUT2D eigenvalue weighted by molar-refractivity contribution is 0.0696. The van der Waals surface area contributed by atoms with Crippen molar-refractivity contribution in [2.24, 2.45) is 0 Å². The SMILES string of the molecule is O=C(O)c1ccc(Br)c(OCCn2ccnc2)c1. The standard InChI is InChI=1S/C12H11BrN2O3/c13-10-2-1-9(12(16)17)7-11(10)18-6-5-15-4-3-14-8-15/h1-4,7-8H,5-6H2,(H,16,17). The van der Waals surface area contributed by atoms with Gasteiger partial charge in [0.05, 0.1) is 22.9 Å². The number of imidazole rings is 1. The molecule has 6 heteroatoms. The summed E-state index contributed by atoms with van der Waals surface area (Å²) in [5.41, 5.74) is 0.204. The van der Waals surface area contributed by atoms with Crippen molar-refractivity contribution in [2.75, 3.05) is 6.61 Å². The molecule has 0 amide bonds. The van der Waals surface area contributed by atoms with Gasteiger partial charge in [-0.1, -0.05) is 0 Å². The molecule has 0 spiro atoms. The molecule has 0 saturated heterocycles. The average Bonchev–Trinajstić information content (AvgIpc) is 2.84. The molecule has 0 aliphatic carbocycles. The molecule has 94 valence electrons. The van der Waals surface area contributed by atoms with Crippen LogP contribution in [0.5, 0.6) is 5.75 Å². The van der Waals surface area contributed by atoms with Crippen molar-refractivity contribution in [3.05, 3.63) is 47.0 Å². The van der Waals surface area contributed by atoms with Crippen LogP contribution in [0.2, 0.25) is 0 Å². The molecule has 0 atom stereocenters. The lowest BCUT2D eigenvalue weighted by atomic mass is 10.2. The van der Waals surface area contributed by atoms with Gasteiger partial charge in [0.1, 0.15) is 12.4 Å². The molecule has 0 saturated carbocycles. The number of nitrogens with zero attached hydrogens (tertiary/aromatic N) is 2. The zero-order valence-electron chi connectivity index (χ0n) is 9.41. The number of benzene rings is 1. The summed E-state index contributed by atoms with van der Waals surface area (Å²) in [6.07, 6.45) is 5.24. The van der Waals surface area contributed by atoms with Crippen molar-refractivity contribution in [1.29, 1.82) is 0 Å². The summed E-state index contributed by atoms with van der Waals surface area (Å²) in [5.74, 6) is -0.447. The molecular formula is C12H11BrN2O3. The molecule has 0 aliphatic rings. The van der Waals surface area contributed by atoms with E-state index in [0.717, 1.165) is 4.47 Å². The van der Waals surface area contributed by atoms with Gasteiger partial charge in [0.15, 0.2) is 0 Å². The molecule has 1 heterocycles. The Bertz CT molecular complexity index is 540. The Hall–Kier alpha value is -1.82. The molecule has 1 aromatic carbocycles. The first-order valence-electron chi connectivity index (χ1n) is 5.28. The van der Waals surface area contributed by atoms with Gasteiger partial charge in [-0.25, -0.2) is 9.78 Å². The highest BCUT2D eigenvalue weighted by molar-refractivity contribution is 9.10. The number of carbonyl (C=O) groups is 1. The van der Waals surface area contributed by atoms with Crippen LogP contribution in [0, 0.1) is 0 Å². The second-order valence-corrected chi connectivity index (χ2v) is 4.45. The van der Waals surface area contributed by atoms with E-state index in [1.54, 1.807) is 18.6 Å². The van der Waals surface area contributed by atoms with E-state index in [9.17, 15) is 4.79 Å². The van der Waals surface area contributed by atoms with Crippen LogP contribution >= 0.6 is 15.9 Å². The minimum Gasteiger partial charge on any atom is -0.491 e. The van der Waals surface area contributed by atoms with E-state index in [1.807, 2.05) is 10.8 Å². The van der Waals surface area contributed by atoms with Crippen molar-refractivity contribution in [2.45, 2.75) is 6.54 Å². The third-order valence-corrected chi connectivity index (χ3v) is 3.00. The smallest absolute Gasteiger partial charge is 0.335 e. The van der Waals surface area contributed by atoms with E-state index < -0.39 is 5.97 Å². The van der Waals surface area contributed by atoms with Gasteiger partial charge in [-0.15, -0.1) is 0 Å².